The van der Waals surface area contributed by atoms with Crippen LogP contribution in [-0.4, -0.2) is 4.98 Å². The summed E-state index contributed by atoms with van der Waals surface area (Å²) in [5.41, 5.74) is 11.4. The molecular weight excluding hydrogens is 484 g/mol. The molecular formula is C38H32N2. The van der Waals surface area contributed by atoms with Crippen LogP contribution in [0.15, 0.2) is 146 Å². The van der Waals surface area contributed by atoms with Gasteiger partial charge in [0.1, 0.15) is 0 Å². The number of benzene rings is 5. The molecule has 0 spiro atoms. The van der Waals surface area contributed by atoms with Gasteiger partial charge in [-0.15, -0.1) is 0 Å². The van der Waals surface area contributed by atoms with Gasteiger partial charge < -0.3 is 9.88 Å². The minimum Gasteiger partial charge on any atom is -0.355 e. The molecule has 0 radical (unpaired) electrons. The first-order valence-corrected chi connectivity index (χ1v) is 13.9. The normalized spacial score (nSPS) is 14.9. The Morgan fingerprint density at radius 1 is 0.600 bits per heavy atom. The Morgan fingerprint density at radius 2 is 1.25 bits per heavy atom. The largest absolute Gasteiger partial charge is 0.355 e. The average molecular weight is 517 g/mol. The van der Waals surface area contributed by atoms with Crippen LogP contribution in [0.4, 0.5) is 11.4 Å². The Morgan fingerprint density at radius 3 is 2.08 bits per heavy atom. The molecule has 194 valence electrons. The van der Waals surface area contributed by atoms with Crippen molar-refractivity contribution in [1.29, 1.82) is 0 Å². The zero-order chi connectivity index (χ0) is 27.5. The van der Waals surface area contributed by atoms with E-state index in [0.29, 0.717) is 0 Å². The molecule has 5 aromatic carbocycles. The van der Waals surface area contributed by atoms with Crippen LogP contribution in [0.5, 0.6) is 0 Å². The van der Waals surface area contributed by atoms with Crippen molar-refractivity contribution in [1.82, 2.24) is 4.98 Å². The van der Waals surface area contributed by atoms with Gasteiger partial charge in [0.05, 0.1) is 5.69 Å². The number of rotatable bonds is 3. The van der Waals surface area contributed by atoms with E-state index in [2.05, 4.69) is 150 Å². The van der Waals surface area contributed by atoms with Gasteiger partial charge in [0.15, 0.2) is 0 Å². The fourth-order valence-corrected chi connectivity index (χ4v) is 5.38. The molecule has 0 unspecified atom stereocenters. The molecule has 0 saturated carbocycles. The summed E-state index contributed by atoms with van der Waals surface area (Å²) in [5.74, 6) is 0. The van der Waals surface area contributed by atoms with Crippen molar-refractivity contribution >= 4 is 44.3 Å². The molecule has 0 amide bonds. The molecule has 0 atom stereocenters. The maximum absolute atomic E-state index is 4.43. The van der Waals surface area contributed by atoms with E-state index in [1.54, 1.807) is 0 Å². The van der Waals surface area contributed by atoms with Crippen LogP contribution in [0.2, 0.25) is 0 Å². The first-order valence-electron chi connectivity index (χ1n) is 13.9. The molecule has 6 aromatic rings. The predicted octanol–water partition coefficient (Wildman–Crippen LogP) is 10.8. The molecule has 2 heterocycles. The SMILES string of the molecule is C=C1/C=C(c2ccc(-c3ccc4[nH]c5ccccc5c4c3)cc2)\C=C/N(c2ccccc2)c2ccccc21.CC. The number of fused-ring (bicyclic) bond motifs is 4. The van der Waals surface area contributed by atoms with Crippen LogP contribution in [0.3, 0.4) is 0 Å². The number of aromatic amines is 1. The molecule has 1 N–H and O–H groups in total. The highest BCUT2D eigenvalue weighted by atomic mass is 15.1. The Bertz CT molecular complexity index is 1870. The smallest absolute Gasteiger partial charge is 0.0533 e. The lowest BCUT2D eigenvalue weighted by Gasteiger charge is -2.26. The highest BCUT2D eigenvalue weighted by Gasteiger charge is 2.15. The fraction of sp³-hybridized carbons (Fsp3) is 0.0526. The third-order valence-corrected chi connectivity index (χ3v) is 7.33. The predicted molar refractivity (Wildman–Crippen MR) is 174 cm³/mol. The van der Waals surface area contributed by atoms with Gasteiger partial charge in [-0.3, -0.25) is 0 Å². The van der Waals surface area contributed by atoms with E-state index in [1.807, 2.05) is 19.9 Å². The summed E-state index contributed by atoms with van der Waals surface area (Å²) in [7, 11) is 0. The van der Waals surface area contributed by atoms with Crippen molar-refractivity contribution in [3.63, 3.8) is 0 Å². The summed E-state index contributed by atoms with van der Waals surface area (Å²) in [4.78, 5) is 5.75. The van der Waals surface area contributed by atoms with Gasteiger partial charge in [0, 0.05) is 39.3 Å². The first kappa shape index (κ1) is 25.2. The second-order valence-corrected chi connectivity index (χ2v) is 9.67. The number of nitrogens with one attached hydrogen (secondary N) is 1. The minimum atomic E-state index is 0.995. The second kappa shape index (κ2) is 11.0. The summed E-state index contributed by atoms with van der Waals surface area (Å²) >= 11 is 0. The first-order chi connectivity index (χ1) is 19.7. The van der Waals surface area contributed by atoms with E-state index in [-0.39, 0.29) is 0 Å². The van der Waals surface area contributed by atoms with Crippen molar-refractivity contribution in [2.24, 2.45) is 0 Å². The van der Waals surface area contributed by atoms with Crippen LogP contribution in [0.25, 0.3) is 44.1 Å². The van der Waals surface area contributed by atoms with E-state index < -0.39 is 0 Å². The van der Waals surface area contributed by atoms with Crippen molar-refractivity contribution in [3.05, 3.63) is 157 Å². The maximum atomic E-state index is 4.43. The van der Waals surface area contributed by atoms with Crippen LogP contribution < -0.4 is 4.90 Å². The maximum Gasteiger partial charge on any atom is 0.0533 e. The number of H-pyrrole nitrogens is 1. The highest BCUT2D eigenvalue weighted by molar-refractivity contribution is 6.08. The Balaban J connectivity index is 0.00000142. The van der Waals surface area contributed by atoms with Crippen molar-refractivity contribution in [3.8, 4) is 11.1 Å². The molecule has 1 aromatic heterocycles. The third kappa shape index (κ3) is 4.65. The van der Waals surface area contributed by atoms with Crippen LogP contribution in [-0.2, 0) is 0 Å². The molecule has 7 rings (SSSR count). The van der Waals surface area contributed by atoms with E-state index in [1.165, 1.54) is 27.4 Å². The Labute approximate surface area is 236 Å². The van der Waals surface area contributed by atoms with E-state index in [9.17, 15) is 0 Å². The number of aromatic nitrogens is 1. The molecule has 0 bridgehead atoms. The molecule has 1 aliphatic heterocycles. The molecule has 1 aliphatic rings. The zero-order valence-corrected chi connectivity index (χ0v) is 22.9. The highest BCUT2D eigenvalue weighted by Crippen LogP contribution is 2.37. The molecule has 0 saturated heterocycles. The summed E-state index contributed by atoms with van der Waals surface area (Å²) in [6.07, 6.45) is 6.52. The minimum absolute atomic E-state index is 0.995. The third-order valence-electron chi connectivity index (χ3n) is 7.33. The van der Waals surface area contributed by atoms with E-state index >= 15 is 0 Å². The Hall–Kier alpha value is -5.08. The molecule has 2 nitrogen and oxygen atoms in total. The quantitative estimate of drug-likeness (QED) is 0.248. The lowest BCUT2D eigenvalue weighted by atomic mass is 9.95. The van der Waals surface area contributed by atoms with Gasteiger partial charge in [-0.05, 0) is 76.4 Å². The van der Waals surface area contributed by atoms with Gasteiger partial charge >= 0.3 is 0 Å². The molecule has 0 aliphatic carbocycles. The summed E-state index contributed by atoms with van der Waals surface area (Å²) < 4.78 is 0. The standard InChI is InChI=1S/C36H26N2.C2H6/c1-25-23-29(21-22-38(30-9-3-2-4-10-30)36-14-8-6-11-31(25)36)27-17-15-26(16-18-27)28-19-20-35-33(24-28)32-12-5-7-13-34(32)37-35;1-2/h2-24,37H,1H2;1-2H3/b22-21-,29-23+;. The number of nitrogens with zero attached hydrogens (tertiary/aromatic N) is 1. The van der Waals surface area contributed by atoms with Gasteiger partial charge in [-0.2, -0.15) is 0 Å². The monoisotopic (exact) mass is 516 g/mol. The van der Waals surface area contributed by atoms with Gasteiger partial charge in [-0.25, -0.2) is 0 Å². The zero-order valence-electron chi connectivity index (χ0n) is 22.9. The topological polar surface area (TPSA) is 19.0 Å². The lowest BCUT2D eigenvalue weighted by molar-refractivity contribution is 1.27. The molecule has 40 heavy (non-hydrogen) atoms. The van der Waals surface area contributed by atoms with Crippen molar-refractivity contribution in [2.75, 3.05) is 4.90 Å². The van der Waals surface area contributed by atoms with Crippen LogP contribution in [0.1, 0.15) is 25.0 Å². The molecule has 2 heteroatoms. The van der Waals surface area contributed by atoms with Crippen molar-refractivity contribution in [2.45, 2.75) is 13.8 Å². The summed E-state index contributed by atoms with van der Waals surface area (Å²) in [6, 6.07) is 42.9. The van der Waals surface area contributed by atoms with Crippen molar-refractivity contribution < 1.29 is 0 Å². The van der Waals surface area contributed by atoms with Gasteiger partial charge in [0.25, 0.3) is 0 Å². The average Bonchev–Trinajstić information content (AvgIpc) is 3.39. The fourth-order valence-electron chi connectivity index (χ4n) is 5.38. The van der Waals surface area contributed by atoms with Gasteiger partial charge in [-0.1, -0.05) is 105 Å². The van der Waals surface area contributed by atoms with Gasteiger partial charge in [0.2, 0.25) is 0 Å². The summed E-state index contributed by atoms with van der Waals surface area (Å²) in [5, 5.41) is 2.51. The van der Waals surface area contributed by atoms with Crippen LogP contribution in [0, 0.1) is 0 Å². The number of hydrogen-bond acceptors (Lipinski definition) is 1. The van der Waals surface area contributed by atoms with E-state index in [0.717, 1.165) is 39.2 Å². The Kier molecular flexibility index (Phi) is 6.91. The number of hydrogen-bond donors (Lipinski definition) is 1. The van der Waals surface area contributed by atoms with Crippen LogP contribution >= 0.6 is 0 Å². The lowest BCUT2D eigenvalue weighted by Crippen LogP contribution is -2.11. The number of para-hydroxylation sites is 3. The second-order valence-electron chi connectivity index (χ2n) is 9.67. The number of allylic oxidation sites excluding steroid dienone is 4. The summed E-state index contributed by atoms with van der Waals surface area (Å²) in [6.45, 7) is 8.43. The van der Waals surface area contributed by atoms with E-state index in [4.69, 9.17) is 0 Å². The number of anilines is 2. The molecule has 0 fully saturated rings.